The number of piperazine rings is 1. The van der Waals surface area contributed by atoms with Crippen LogP contribution < -0.4 is 4.90 Å². The van der Waals surface area contributed by atoms with Gasteiger partial charge in [0.25, 0.3) is 11.8 Å². The van der Waals surface area contributed by atoms with Crippen molar-refractivity contribution in [1.29, 1.82) is 0 Å². The van der Waals surface area contributed by atoms with Crippen LogP contribution in [-0.4, -0.2) is 62.7 Å². The minimum absolute atomic E-state index is 0.261. The molecular formula is C21H28N6O3. The number of hydrogen-bond acceptors (Lipinski definition) is 7. The predicted molar refractivity (Wildman–Crippen MR) is 113 cm³/mol. The molecule has 1 saturated heterocycles. The van der Waals surface area contributed by atoms with Crippen molar-refractivity contribution in [3.63, 3.8) is 0 Å². The number of rotatable bonds is 3. The molecule has 160 valence electrons. The van der Waals surface area contributed by atoms with Crippen LogP contribution in [-0.2, 0) is 4.74 Å². The number of amides is 1. The third-order valence-electron chi connectivity index (χ3n) is 4.96. The molecule has 3 aromatic rings. The summed E-state index contributed by atoms with van der Waals surface area (Å²) in [5, 5.41) is 9.68. The van der Waals surface area contributed by atoms with E-state index in [0.717, 1.165) is 16.5 Å². The van der Waals surface area contributed by atoms with Crippen molar-refractivity contribution in [3.05, 3.63) is 24.4 Å². The van der Waals surface area contributed by atoms with E-state index < -0.39 is 5.60 Å². The highest BCUT2D eigenvalue weighted by molar-refractivity contribution is 5.83. The van der Waals surface area contributed by atoms with Gasteiger partial charge in [-0.05, 0) is 51.9 Å². The van der Waals surface area contributed by atoms with E-state index in [9.17, 15) is 4.79 Å². The van der Waals surface area contributed by atoms with Crippen LogP contribution in [0.2, 0.25) is 0 Å². The Morgan fingerprint density at radius 2 is 1.90 bits per heavy atom. The maximum atomic E-state index is 12.2. The second-order valence-electron chi connectivity index (χ2n) is 8.81. The van der Waals surface area contributed by atoms with Gasteiger partial charge in [-0.3, -0.25) is 4.68 Å². The molecule has 0 N–H and O–H groups in total. The van der Waals surface area contributed by atoms with Crippen LogP contribution in [0.5, 0.6) is 0 Å². The molecule has 0 saturated carbocycles. The fourth-order valence-corrected chi connectivity index (χ4v) is 3.46. The van der Waals surface area contributed by atoms with Crippen molar-refractivity contribution in [3.8, 4) is 11.5 Å². The minimum Gasteiger partial charge on any atom is -0.444 e. The van der Waals surface area contributed by atoms with Crippen molar-refractivity contribution in [2.45, 2.75) is 46.3 Å². The Hall–Kier alpha value is -3.10. The van der Waals surface area contributed by atoms with Crippen molar-refractivity contribution in [1.82, 2.24) is 24.8 Å². The lowest BCUT2D eigenvalue weighted by atomic mass is 10.1. The zero-order chi connectivity index (χ0) is 21.5. The molecule has 3 heterocycles. The molecule has 1 aromatic carbocycles. The van der Waals surface area contributed by atoms with E-state index in [2.05, 4.69) is 29.1 Å². The number of hydrogen-bond donors (Lipinski definition) is 0. The van der Waals surface area contributed by atoms with Crippen LogP contribution in [0.4, 0.5) is 10.7 Å². The van der Waals surface area contributed by atoms with Crippen molar-refractivity contribution in [2.24, 2.45) is 0 Å². The smallest absolute Gasteiger partial charge is 0.410 e. The molecular weight excluding hydrogens is 384 g/mol. The molecule has 0 atom stereocenters. The lowest BCUT2D eigenvalue weighted by molar-refractivity contribution is 0.0240. The molecule has 0 unspecified atom stereocenters. The van der Waals surface area contributed by atoms with Crippen LogP contribution in [0.25, 0.3) is 22.4 Å². The molecule has 2 aromatic heterocycles. The summed E-state index contributed by atoms with van der Waals surface area (Å²) in [6.45, 7) is 12.2. The van der Waals surface area contributed by atoms with E-state index in [1.54, 1.807) is 4.90 Å². The Morgan fingerprint density at radius 3 is 2.57 bits per heavy atom. The number of nitrogens with zero attached hydrogens (tertiary/aromatic N) is 6. The van der Waals surface area contributed by atoms with Crippen LogP contribution >= 0.6 is 0 Å². The number of aromatic nitrogens is 4. The Balaban J connectivity index is 1.46. The van der Waals surface area contributed by atoms with Crippen LogP contribution in [0.1, 0.15) is 40.7 Å². The number of carbonyl (C=O) groups is 1. The minimum atomic E-state index is -0.497. The van der Waals surface area contributed by atoms with Crippen molar-refractivity contribution < 1.29 is 14.1 Å². The van der Waals surface area contributed by atoms with Gasteiger partial charge in [0, 0.05) is 43.2 Å². The molecule has 1 aliphatic rings. The van der Waals surface area contributed by atoms with Crippen LogP contribution in [0.3, 0.4) is 0 Å². The van der Waals surface area contributed by atoms with Gasteiger partial charge in [-0.15, -0.1) is 0 Å². The molecule has 9 nitrogen and oxygen atoms in total. The first kappa shape index (κ1) is 20.2. The van der Waals surface area contributed by atoms with Gasteiger partial charge >= 0.3 is 6.09 Å². The summed E-state index contributed by atoms with van der Waals surface area (Å²) >= 11 is 0. The number of carbonyl (C=O) groups excluding carboxylic acids is 1. The molecule has 1 aliphatic heterocycles. The molecule has 30 heavy (non-hydrogen) atoms. The van der Waals surface area contributed by atoms with Gasteiger partial charge in [0.2, 0.25) is 0 Å². The van der Waals surface area contributed by atoms with E-state index in [4.69, 9.17) is 9.26 Å². The Kier molecular flexibility index (Phi) is 5.13. The van der Waals surface area contributed by atoms with Crippen molar-refractivity contribution >= 4 is 22.9 Å². The predicted octanol–water partition coefficient (Wildman–Crippen LogP) is 3.72. The summed E-state index contributed by atoms with van der Waals surface area (Å²) in [5.74, 6) is 1.00. The second kappa shape index (κ2) is 7.62. The van der Waals surface area contributed by atoms with E-state index >= 15 is 0 Å². The number of ether oxygens (including phenoxy) is 1. The first-order valence-corrected chi connectivity index (χ1v) is 10.3. The Bertz CT molecular complexity index is 1040. The zero-order valence-electron chi connectivity index (χ0n) is 18.1. The summed E-state index contributed by atoms with van der Waals surface area (Å²) in [4.78, 5) is 20.5. The first-order chi connectivity index (χ1) is 14.2. The van der Waals surface area contributed by atoms with E-state index in [0.29, 0.717) is 38.0 Å². The topological polar surface area (TPSA) is 89.5 Å². The molecule has 1 amide bonds. The van der Waals surface area contributed by atoms with Crippen LogP contribution in [0, 0.1) is 0 Å². The lowest BCUT2D eigenvalue weighted by Crippen LogP contribution is -2.50. The summed E-state index contributed by atoms with van der Waals surface area (Å²) in [5.41, 5.74) is 1.40. The zero-order valence-corrected chi connectivity index (χ0v) is 18.1. The maximum Gasteiger partial charge on any atom is 0.410 e. The van der Waals surface area contributed by atoms with Gasteiger partial charge in [-0.1, -0.05) is 6.07 Å². The van der Waals surface area contributed by atoms with E-state index in [1.807, 2.05) is 54.7 Å². The second-order valence-corrected chi connectivity index (χ2v) is 8.81. The highest BCUT2D eigenvalue weighted by atomic mass is 16.6. The normalized spacial score (nSPS) is 15.3. The van der Waals surface area contributed by atoms with Crippen LogP contribution in [0.15, 0.2) is 28.9 Å². The monoisotopic (exact) mass is 412 g/mol. The molecule has 9 heteroatoms. The molecule has 0 aliphatic carbocycles. The average molecular weight is 412 g/mol. The van der Waals surface area contributed by atoms with Gasteiger partial charge in [0.15, 0.2) is 0 Å². The Labute approximate surface area is 175 Å². The van der Waals surface area contributed by atoms with E-state index in [1.165, 1.54) is 0 Å². The lowest BCUT2D eigenvalue weighted by Gasteiger charge is -2.34. The highest BCUT2D eigenvalue weighted by Gasteiger charge is 2.27. The Morgan fingerprint density at radius 1 is 1.17 bits per heavy atom. The fourth-order valence-electron chi connectivity index (χ4n) is 3.46. The quantitative estimate of drug-likeness (QED) is 0.647. The third kappa shape index (κ3) is 4.10. The molecule has 1 fully saturated rings. The number of anilines is 1. The number of fused-ring (bicyclic) bond motifs is 1. The largest absolute Gasteiger partial charge is 0.444 e. The average Bonchev–Trinajstić information content (AvgIpc) is 3.33. The van der Waals surface area contributed by atoms with E-state index in [-0.39, 0.29) is 12.1 Å². The molecule has 4 rings (SSSR count). The van der Waals surface area contributed by atoms with Crippen molar-refractivity contribution in [2.75, 3.05) is 31.1 Å². The van der Waals surface area contributed by atoms with Gasteiger partial charge in [-0.2, -0.15) is 10.1 Å². The summed E-state index contributed by atoms with van der Waals surface area (Å²) < 4.78 is 13.0. The SMILES string of the molecule is CC(C)n1ncc2ccc(-c3nc(N4CCN(C(=O)OC(C)(C)C)CC4)no3)cc21. The van der Waals surface area contributed by atoms with Gasteiger partial charge in [0.05, 0.1) is 11.7 Å². The summed E-state index contributed by atoms with van der Waals surface area (Å²) in [6.07, 6.45) is 1.58. The van der Waals surface area contributed by atoms with Gasteiger partial charge in [0.1, 0.15) is 5.60 Å². The standard InChI is InChI=1S/C21H28N6O3/c1-14(2)27-17-12-15(6-7-16(17)13-22-27)18-23-19(24-30-18)25-8-10-26(11-9-25)20(28)29-21(3,4)5/h6-7,12-14H,8-11H2,1-5H3. The third-order valence-corrected chi connectivity index (χ3v) is 4.96. The van der Waals surface area contributed by atoms with Gasteiger partial charge in [-0.25, -0.2) is 4.79 Å². The maximum absolute atomic E-state index is 12.2. The summed E-state index contributed by atoms with van der Waals surface area (Å²) in [6, 6.07) is 6.27. The number of benzene rings is 1. The summed E-state index contributed by atoms with van der Waals surface area (Å²) in [7, 11) is 0. The first-order valence-electron chi connectivity index (χ1n) is 10.3. The molecule has 0 spiro atoms. The highest BCUT2D eigenvalue weighted by Crippen LogP contribution is 2.26. The fraction of sp³-hybridized carbons (Fsp3) is 0.524. The molecule has 0 radical (unpaired) electrons. The molecule has 0 bridgehead atoms. The van der Waals surface area contributed by atoms with Gasteiger partial charge < -0.3 is 19.1 Å².